The Bertz CT molecular complexity index is 1410. The summed E-state index contributed by atoms with van der Waals surface area (Å²) in [4.78, 5) is 29.2. The molecule has 0 unspecified atom stereocenters. The standard InChI is InChI=1S/C29H31ClN4O3/c1-18(2)37-26-12-10-22(16-24(26)30)29(36)32-23(11-13-27(31)35)15-20-6-8-21(9-7-20)25-17-34-14-4-5-19(3)28(34)33-25/h4-10,12,14,16-18,23H,11,13,15H2,1-3H3,(H2,31,35)(H,32,36)/t23-/m1/s1. The summed E-state index contributed by atoms with van der Waals surface area (Å²) in [5.74, 6) is -0.154. The first-order chi connectivity index (χ1) is 17.7. The van der Waals surface area contributed by atoms with Gasteiger partial charge in [0.1, 0.15) is 11.4 Å². The molecule has 0 fully saturated rings. The third-order valence-electron chi connectivity index (χ3n) is 6.04. The minimum absolute atomic E-state index is 0.0291. The van der Waals surface area contributed by atoms with Crippen LogP contribution < -0.4 is 15.8 Å². The Morgan fingerprint density at radius 2 is 1.89 bits per heavy atom. The van der Waals surface area contributed by atoms with Crippen LogP contribution in [0.2, 0.25) is 5.02 Å². The van der Waals surface area contributed by atoms with E-state index in [4.69, 9.17) is 27.1 Å². The van der Waals surface area contributed by atoms with Gasteiger partial charge in [0.2, 0.25) is 5.91 Å². The van der Waals surface area contributed by atoms with Crippen molar-refractivity contribution in [2.45, 2.75) is 52.2 Å². The molecule has 4 aromatic rings. The summed E-state index contributed by atoms with van der Waals surface area (Å²) >= 11 is 6.31. The number of carbonyl (C=O) groups is 2. The number of benzene rings is 2. The number of hydrogen-bond acceptors (Lipinski definition) is 4. The molecule has 1 atom stereocenters. The molecule has 0 aliphatic carbocycles. The Hall–Kier alpha value is -3.84. The number of nitrogens with one attached hydrogen (secondary N) is 1. The molecule has 2 amide bonds. The number of hydrogen-bond donors (Lipinski definition) is 2. The Balaban J connectivity index is 1.48. The zero-order chi connectivity index (χ0) is 26.5. The van der Waals surface area contributed by atoms with E-state index in [1.807, 2.05) is 74.0 Å². The fraction of sp³-hybridized carbons (Fsp3) is 0.276. The molecule has 0 aliphatic heterocycles. The van der Waals surface area contributed by atoms with Gasteiger partial charge in [0, 0.05) is 36.0 Å². The maximum atomic E-state index is 13.0. The average Bonchev–Trinajstić information content (AvgIpc) is 3.30. The third kappa shape index (κ3) is 6.68. The van der Waals surface area contributed by atoms with Crippen molar-refractivity contribution in [3.63, 3.8) is 0 Å². The van der Waals surface area contributed by atoms with Crippen LogP contribution in [0.5, 0.6) is 5.75 Å². The number of pyridine rings is 1. The van der Waals surface area contributed by atoms with Gasteiger partial charge < -0.3 is 20.2 Å². The van der Waals surface area contributed by atoms with E-state index in [1.165, 1.54) is 0 Å². The van der Waals surface area contributed by atoms with Gasteiger partial charge in [0.25, 0.3) is 5.91 Å². The van der Waals surface area contributed by atoms with Gasteiger partial charge in [-0.2, -0.15) is 0 Å². The van der Waals surface area contributed by atoms with Gasteiger partial charge in [-0.1, -0.05) is 41.9 Å². The average molecular weight is 519 g/mol. The Labute approximate surface area is 221 Å². The van der Waals surface area contributed by atoms with Crippen LogP contribution in [0.15, 0.2) is 67.0 Å². The number of aryl methyl sites for hydroxylation is 1. The quantitative estimate of drug-likeness (QED) is 0.295. The highest BCUT2D eigenvalue weighted by Gasteiger charge is 2.17. The molecule has 0 spiro atoms. The van der Waals surface area contributed by atoms with Crippen LogP contribution >= 0.6 is 11.6 Å². The first-order valence-electron chi connectivity index (χ1n) is 12.3. The van der Waals surface area contributed by atoms with Crippen LogP contribution in [-0.2, 0) is 11.2 Å². The number of imidazole rings is 1. The van der Waals surface area contributed by atoms with Crippen molar-refractivity contribution in [1.29, 1.82) is 0 Å². The minimum Gasteiger partial charge on any atom is -0.489 e. The van der Waals surface area contributed by atoms with Crippen molar-refractivity contribution >= 4 is 29.1 Å². The zero-order valence-corrected chi connectivity index (χ0v) is 22.0. The van der Waals surface area contributed by atoms with Gasteiger partial charge in [-0.3, -0.25) is 9.59 Å². The highest BCUT2D eigenvalue weighted by molar-refractivity contribution is 6.32. The van der Waals surface area contributed by atoms with E-state index < -0.39 is 5.91 Å². The molecule has 2 aromatic carbocycles. The zero-order valence-electron chi connectivity index (χ0n) is 21.2. The minimum atomic E-state index is -0.407. The second-order valence-corrected chi connectivity index (χ2v) is 9.84. The summed E-state index contributed by atoms with van der Waals surface area (Å²) in [7, 11) is 0. The number of nitrogens with zero attached hydrogens (tertiary/aromatic N) is 2. The Kier molecular flexibility index (Phi) is 8.14. The Morgan fingerprint density at radius 1 is 1.14 bits per heavy atom. The monoisotopic (exact) mass is 518 g/mol. The lowest BCUT2D eigenvalue weighted by molar-refractivity contribution is -0.118. The first kappa shape index (κ1) is 26.2. The molecule has 37 heavy (non-hydrogen) atoms. The fourth-order valence-corrected chi connectivity index (χ4v) is 4.42. The second-order valence-electron chi connectivity index (χ2n) is 9.44. The lowest BCUT2D eigenvalue weighted by atomic mass is 9.99. The van der Waals surface area contributed by atoms with Crippen LogP contribution in [-0.4, -0.2) is 33.3 Å². The summed E-state index contributed by atoms with van der Waals surface area (Å²) < 4.78 is 7.66. The topological polar surface area (TPSA) is 98.7 Å². The van der Waals surface area contributed by atoms with E-state index in [0.29, 0.717) is 29.2 Å². The van der Waals surface area contributed by atoms with Gasteiger partial charge in [-0.15, -0.1) is 0 Å². The number of carbonyl (C=O) groups excluding carboxylic acids is 2. The van der Waals surface area contributed by atoms with Crippen LogP contribution in [0.1, 0.15) is 48.2 Å². The number of halogens is 1. The molecule has 2 aromatic heterocycles. The molecule has 4 rings (SSSR count). The van der Waals surface area contributed by atoms with Crippen LogP contribution in [0.4, 0.5) is 0 Å². The molecule has 8 heteroatoms. The van der Waals surface area contributed by atoms with Crippen LogP contribution in [0.3, 0.4) is 0 Å². The molecule has 3 N–H and O–H groups in total. The van der Waals surface area contributed by atoms with Crippen molar-refractivity contribution in [3.05, 3.63) is 88.7 Å². The highest BCUT2D eigenvalue weighted by atomic mass is 35.5. The Morgan fingerprint density at radius 3 is 2.54 bits per heavy atom. The van der Waals surface area contributed by atoms with E-state index >= 15 is 0 Å². The smallest absolute Gasteiger partial charge is 0.251 e. The maximum Gasteiger partial charge on any atom is 0.251 e. The number of fused-ring (bicyclic) bond motifs is 1. The van der Waals surface area contributed by atoms with Crippen molar-refractivity contribution < 1.29 is 14.3 Å². The highest BCUT2D eigenvalue weighted by Crippen LogP contribution is 2.27. The summed E-state index contributed by atoms with van der Waals surface area (Å²) in [5, 5.41) is 3.40. The van der Waals surface area contributed by atoms with Gasteiger partial charge >= 0.3 is 0 Å². The summed E-state index contributed by atoms with van der Waals surface area (Å²) in [6.45, 7) is 5.85. The van der Waals surface area contributed by atoms with Crippen LogP contribution in [0, 0.1) is 6.92 Å². The van der Waals surface area contributed by atoms with E-state index in [-0.39, 0.29) is 24.5 Å². The number of nitrogens with two attached hydrogens (primary N) is 1. The molecule has 7 nitrogen and oxygen atoms in total. The van der Waals surface area contributed by atoms with Crippen molar-refractivity contribution in [1.82, 2.24) is 14.7 Å². The van der Waals surface area contributed by atoms with Crippen molar-refractivity contribution in [2.75, 3.05) is 0 Å². The predicted octanol–water partition coefficient (Wildman–Crippen LogP) is 5.36. The summed E-state index contributed by atoms with van der Waals surface area (Å²) in [5.41, 5.74) is 10.8. The first-order valence-corrected chi connectivity index (χ1v) is 12.7. The van der Waals surface area contributed by atoms with Gasteiger partial charge in [0.15, 0.2) is 0 Å². The second kappa shape index (κ2) is 11.5. The summed E-state index contributed by atoms with van der Waals surface area (Å²) in [6, 6.07) is 16.8. The summed E-state index contributed by atoms with van der Waals surface area (Å²) in [6.07, 6.45) is 5.11. The molecule has 0 saturated carbocycles. The van der Waals surface area contributed by atoms with Gasteiger partial charge in [0.05, 0.1) is 16.8 Å². The number of rotatable bonds is 10. The van der Waals surface area contributed by atoms with E-state index in [0.717, 1.165) is 28.0 Å². The molecule has 2 heterocycles. The molecular weight excluding hydrogens is 488 g/mol. The number of aromatic nitrogens is 2. The molecule has 0 saturated heterocycles. The van der Waals surface area contributed by atoms with Crippen LogP contribution in [0.25, 0.3) is 16.9 Å². The molecular formula is C29H31ClN4O3. The van der Waals surface area contributed by atoms with Crippen molar-refractivity contribution in [3.8, 4) is 17.0 Å². The van der Waals surface area contributed by atoms with E-state index in [1.54, 1.807) is 18.2 Å². The molecule has 0 bridgehead atoms. The van der Waals surface area contributed by atoms with Gasteiger partial charge in [-0.25, -0.2) is 4.98 Å². The molecule has 0 radical (unpaired) electrons. The number of primary amides is 1. The molecule has 192 valence electrons. The lowest BCUT2D eigenvalue weighted by Crippen LogP contribution is -2.37. The maximum absolute atomic E-state index is 13.0. The third-order valence-corrected chi connectivity index (χ3v) is 6.34. The normalized spacial score (nSPS) is 12.0. The lowest BCUT2D eigenvalue weighted by Gasteiger charge is -2.19. The number of ether oxygens (including phenoxy) is 1. The fourth-order valence-electron chi connectivity index (χ4n) is 4.19. The van der Waals surface area contributed by atoms with E-state index in [9.17, 15) is 9.59 Å². The SMILES string of the molecule is Cc1cccn2cc(-c3ccc(C[C@@H](CCC(N)=O)NC(=O)c4ccc(OC(C)C)c(Cl)c4)cc3)nc12. The largest absolute Gasteiger partial charge is 0.489 e. The number of amides is 2. The van der Waals surface area contributed by atoms with E-state index in [2.05, 4.69) is 5.32 Å². The predicted molar refractivity (Wildman–Crippen MR) is 146 cm³/mol. The van der Waals surface area contributed by atoms with Crippen molar-refractivity contribution in [2.24, 2.45) is 5.73 Å². The van der Waals surface area contributed by atoms with Gasteiger partial charge in [-0.05, 0) is 69.0 Å². The molecule has 0 aliphatic rings.